The summed E-state index contributed by atoms with van der Waals surface area (Å²) in [6, 6.07) is 0. The van der Waals surface area contributed by atoms with Crippen LogP contribution < -0.4 is 10.6 Å². The minimum atomic E-state index is 0.448. The van der Waals surface area contributed by atoms with Crippen LogP contribution in [-0.4, -0.2) is 44.1 Å². The molecule has 0 bridgehead atoms. The van der Waals surface area contributed by atoms with Gasteiger partial charge in [0.1, 0.15) is 0 Å². The van der Waals surface area contributed by atoms with Gasteiger partial charge in [-0.1, -0.05) is 13.8 Å². The van der Waals surface area contributed by atoms with Gasteiger partial charge in [0.25, 0.3) is 0 Å². The normalized spacial score (nSPS) is 11.6. The van der Waals surface area contributed by atoms with Gasteiger partial charge in [0.05, 0.1) is 5.69 Å². The van der Waals surface area contributed by atoms with Gasteiger partial charge in [-0.15, -0.1) is 11.3 Å². The lowest BCUT2D eigenvalue weighted by Gasteiger charge is -2.17. The third-order valence-electron chi connectivity index (χ3n) is 2.87. The summed E-state index contributed by atoms with van der Waals surface area (Å²) in [5, 5.41) is 1.10. The van der Waals surface area contributed by atoms with Gasteiger partial charge < -0.3 is 15.5 Å². The Morgan fingerprint density at radius 2 is 1.89 bits per heavy atom. The van der Waals surface area contributed by atoms with Crippen LogP contribution in [0.4, 0.5) is 5.13 Å². The van der Waals surface area contributed by atoms with Crippen molar-refractivity contribution in [3.05, 3.63) is 10.6 Å². The summed E-state index contributed by atoms with van der Waals surface area (Å²) in [5.41, 5.74) is 6.95. The van der Waals surface area contributed by atoms with Crippen LogP contribution in [0, 0.1) is 0 Å². The highest BCUT2D eigenvalue weighted by atomic mass is 32.1. The molecule has 0 aliphatic carbocycles. The van der Waals surface area contributed by atoms with E-state index in [2.05, 4.69) is 44.8 Å². The van der Waals surface area contributed by atoms with E-state index in [9.17, 15) is 0 Å². The number of aromatic nitrogens is 1. The minimum absolute atomic E-state index is 0.448. The van der Waals surface area contributed by atoms with Crippen LogP contribution in [0.2, 0.25) is 0 Å². The van der Waals surface area contributed by atoms with E-state index in [1.807, 2.05) is 0 Å². The zero-order valence-corrected chi connectivity index (χ0v) is 13.0. The molecule has 4 nitrogen and oxygen atoms in total. The largest absolute Gasteiger partial charge is 0.351 e. The molecule has 0 saturated carbocycles. The summed E-state index contributed by atoms with van der Waals surface area (Å²) in [4.78, 5) is 10.4. The molecule has 0 aliphatic rings. The molecule has 0 aromatic carbocycles. The Balaban J connectivity index is 2.65. The summed E-state index contributed by atoms with van der Waals surface area (Å²) in [5.74, 6) is 0.448. The second kappa shape index (κ2) is 7.07. The molecule has 0 spiro atoms. The quantitative estimate of drug-likeness (QED) is 0.824. The first-order valence-corrected chi connectivity index (χ1v) is 7.32. The van der Waals surface area contributed by atoms with Crippen LogP contribution in [-0.2, 0) is 6.54 Å². The monoisotopic (exact) mass is 270 g/mol. The second-order valence-electron chi connectivity index (χ2n) is 5.24. The molecule has 5 heteroatoms. The van der Waals surface area contributed by atoms with E-state index in [-0.39, 0.29) is 0 Å². The lowest BCUT2D eigenvalue weighted by Crippen LogP contribution is -2.23. The van der Waals surface area contributed by atoms with Crippen molar-refractivity contribution in [2.24, 2.45) is 5.73 Å². The molecular formula is C13H26N4S. The lowest BCUT2D eigenvalue weighted by molar-refractivity contribution is 0.401. The topological polar surface area (TPSA) is 45.4 Å². The number of anilines is 1. The van der Waals surface area contributed by atoms with E-state index in [1.54, 1.807) is 11.3 Å². The Kier molecular flexibility index (Phi) is 6.05. The zero-order chi connectivity index (χ0) is 13.7. The Morgan fingerprint density at radius 3 is 2.33 bits per heavy atom. The number of nitrogens with two attached hydrogens (primary N) is 1. The fourth-order valence-corrected chi connectivity index (χ4v) is 2.91. The minimum Gasteiger partial charge on any atom is -0.351 e. The first kappa shape index (κ1) is 15.4. The van der Waals surface area contributed by atoms with Gasteiger partial charge >= 0.3 is 0 Å². The van der Waals surface area contributed by atoms with Gasteiger partial charge in [-0.3, -0.25) is 0 Å². The van der Waals surface area contributed by atoms with Crippen molar-refractivity contribution >= 4 is 16.5 Å². The molecule has 0 fully saturated rings. The second-order valence-corrected chi connectivity index (χ2v) is 6.30. The van der Waals surface area contributed by atoms with Gasteiger partial charge in [-0.25, -0.2) is 4.98 Å². The van der Waals surface area contributed by atoms with Gasteiger partial charge in [-0.05, 0) is 33.0 Å². The highest BCUT2D eigenvalue weighted by Crippen LogP contribution is 2.29. The molecule has 1 aromatic heterocycles. The summed E-state index contributed by atoms with van der Waals surface area (Å²) in [6.07, 6.45) is 1.15. The van der Waals surface area contributed by atoms with Crippen molar-refractivity contribution in [1.82, 2.24) is 9.88 Å². The van der Waals surface area contributed by atoms with E-state index < -0.39 is 0 Å². The van der Waals surface area contributed by atoms with Gasteiger partial charge in [0, 0.05) is 25.0 Å². The molecule has 0 aliphatic heterocycles. The van der Waals surface area contributed by atoms with Crippen LogP contribution in [0.3, 0.4) is 0 Å². The molecule has 18 heavy (non-hydrogen) atoms. The molecule has 0 atom stereocenters. The predicted octanol–water partition coefficient (Wildman–Crippen LogP) is 2.11. The van der Waals surface area contributed by atoms with Crippen molar-refractivity contribution in [2.75, 3.05) is 39.1 Å². The number of nitrogens with zero attached hydrogens (tertiary/aromatic N) is 3. The highest BCUT2D eigenvalue weighted by molar-refractivity contribution is 7.15. The van der Waals surface area contributed by atoms with Crippen LogP contribution >= 0.6 is 11.3 Å². The summed E-state index contributed by atoms with van der Waals surface area (Å²) >= 11 is 1.73. The zero-order valence-electron chi connectivity index (χ0n) is 12.2. The van der Waals surface area contributed by atoms with E-state index >= 15 is 0 Å². The lowest BCUT2D eigenvalue weighted by atomic mass is 10.1. The standard InChI is InChI=1S/C13H26N4S/c1-10(2)12-11(9-14)18-13(15-12)17(5)8-6-7-16(3)4/h10H,6-9,14H2,1-5H3. The fourth-order valence-electron chi connectivity index (χ4n) is 1.83. The first-order valence-electron chi connectivity index (χ1n) is 6.51. The van der Waals surface area contributed by atoms with Crippen LogP contribution in [0.25, 0.3) is 0 Å². The van der Waals surface area contributed by atoms with E-state index in [0.29, 0.717) is 12.5 Å². The van der Waals surface area contributed by atoms with Crippen molar-refractivity contribution < 1.29 is 0 Å². The first-order chi connectivity index (χ1) is 8.45. The van der Waals surface area contributed by atoms with E-state index in [0.717, 1.165) is 30.3 Å². The fraction of sp³-hybridized carbons (Fsp3) is 0.769. The average Bonchev–Trinajstić information content (AvgIpc) is 2.72. The van der Waals surface area contributed by atoms with Gasteiger partial charge in [0.15, 0.2) is 5.13 Å². The third-order valence-corrected chi connectivity index (χ3v) is 4.08. The van der Waals surface area contributed by atoms with Crippen molar-refractivity contribution in [1.29, 1.82) is 0 Å². The molecule has 0 unspecified atom stereocenters. The SMILES string of the molecule is CC(C)c1nc(N(C)CCCN(C)C)sc1CN. The average molecular weight is 270 g/mol. The maximum atomic E-state index is 5.79. The van der Waals surface area contributed by atoms with Gasteiger partial charge in [-0.2, -0.15) is 0 Å². The molecule has 0 amide bonds. The maximum absolute atomic E-state index is 5.79. The molecule has 2 N–H and O–H groups in total. The Bertz CT molecular complexity index is 360. The van der Waals surface area contributed by atoms with Crippen molar-refractivity contribution in [3.8, 4) is 0 Å². The van der Waals surface area contributed by atoms with Crippen LogP contribution in [0.5, 0.6) is 0 Å². The molecule has 104 valence electrons. The summed E-state index contributed by atoms with van der Waals surface area (Å²) in [7, 11) is 6.32. The molecule has 0 radical (unpaired) electrons. The number of hydrogen-bond acceptors (Lipinski definition) is 5. The number of rotatable bonds is 7. The third kappa shape index (κ3) is 4.23. The number of thiazole rings is 1. The molecular weight excluding hydrogens is 244 g/mol. The summed E-state index contributed by atoms with van der Waals surface area (Å²) < 4.78 is 0. The highest BCUT2D eigenvalue weighted by Gasteiger charge is 2.15. The molecule has 1 heterocycles. The van der Waals surface area contributed by atoms with Crippen molar-refractivity contribution in [2.45, 2.75) is 32.7 Å². The van der Waals surface area contributed by atoms with Crippen LogP contribution in [0.1, 0.15) is 36.8 Å². The Hall–Kier alpha value is -0.650. The van der Waals surface area contributed by atoms with E-state index in [4.69, 9.17) is 10.7 Å². The Morgan fingerprint density at radius 1 is 1.22 bits per heavy atom. The maximum Gasteiger partial charge on any atom is 0.185 e. The summed E-state index contributed by atoms with van der Waals surface area (Å²) in [6.45, 7) is 7.08. The molecule has 0 saturated heterocycles. The van der Waals surface area contributed by atoms with Crippen LogP contribution in [0.15, 0.2) is 0 Å². The molecule has 1 rings (SSSR count). The molecule has 1 aromatic rings. The predicted molar refractivity (Wildman–Crippen MR) is 80.5 cm³/mol. The van der Waals surface area contributed by atoms with Crippen molar-refractivity contribution in [3.63, 3.8) is 0 Å². The number of hydrogen-bond donors (Lipinski definition) is 1. The van der Waals surface area contributed by atoms with E-state index in [1.165, 1.54) is 4.88 Å². The van der Waals surface area contributed by atoms with Gasteiger partial charge in [0.2, 0.25) is 0 Å². The Labute approximate surface area is 115 Å². The smallest absolute Gasteiger partial charge is 0.185 e.